The van der Waals surface area contributed by atoms with Crippen LogP contribution in [0.25, 0.3) is 0 Å². The minimum absolute atomic E-state index is 0.0607. The summed E-state index contributed by atoms with van der Waals surface area (Å²) >= 11 is 0. The Labute approximate surface area is 112 Å². The molecule has 100 valence electrons. The number of hydrogen-bond donors (Lipinski definition) is 2. The maximum absolute atomic E-state index is 5.93. The molecule has 0 aliphatic carbocycles. The van der Waals surface area contributed by atoms with E-state index in [2.05, 4.69) is 11.4 Å². The second kappa shape index (κ2) is 8.13. The number of aryl methyl sites for hydroxylation is 1. The molecule has 0 amide bonds. The van der Waals surface area contributed by atoms with E-state index >= 15 is 0 Å². The number of rotatable bonds is 8. The monoisotopic (exact) mass is 266 g/mol. The zero-order valence-corrected chi connectivity index (χ0v) is 12.3. The molecular formula is C13H22N2O2Si. The Morgan fingerprint density at radius 2 is 2.06 bits per heavy atom. The maximum Gasteiger partial charge on any atom is 0.136 e. The van der Waals surface area contributed by atoms with Gasteiger partial charge in [0.05, 0.1) is 11.4 Å². The highest BCUT2D eigenvalue weighted by Gasteiger charge is 2.05. The third-order valence-electron chi connectivity index (χ3n) is 2.62. The average Bonchev–Trinajstić information content (AvgIpc) is 2.36. The maximum atomic E-state index is 5.93. The van der Waals surface area contributed by atoms with Crippen molar-refractivity contribution in [3.8, 4) is 0 Å². The number of anilines is 2. The molecule has 3 N–H and O–H groups in total. The van der Waals surface area contributed by atoms with E-state index in [9.17, 15) is 0 Å². The molecule has 1 aromatic rings. The third-order valence-corrected chi connectivity index (χ3v) is 4.06. The first kappa shape index (κ1) is 15.0. The summed E-state index contributed by atoms with van der Waals surface area (Å²) in [4.78, 5) is 0. The first-order valence-electron chi connectivity index (χ1n) is 6.06. The first-order valence-corrected chi connectivity index (χ1v) is 7.34. The summed E-state index contributed by atoms with van der Waals surface area (Å²) in [6.45, 7) is 2.96. The molecule has 0 aliphatic heterocycles. The second-order valence-electron chi connectivity index (χ2n) is 4.13. The van der Waals surface area contributed by atoms with E-state index < -0.39 is 0 Å². The lowest BCUT2D eigenvalue weighted by Gasteiger charge is -2.13. The predicted octanol–water partition coefficient (Wildman–Crippen LogP) is 2.08. The van der Waals surface area contributed by atoms with Gasteiger partial charge in [-0.05, 0) is 31.0 Å². The molecule has 0 fully saturated rings. The summed E-state index contributed by atoms with van der Waals surface area (Å²) in [6, 6.07) is 7.16. The van der Waals surface area contributed by atoms with Gasteiger partial charge in [-0.3, -0.25) is 0 Å². The Kier molecular flexibility index (Phi) is 6.78. The molecule has 0 unspecified atom stereocenters. The molecule has 0 spiro atoms. The van der Waals surface area contributed by atoms with Crippen molar-refractivity contribution in [2.75, 3.05) is 31.8 Å². The van der Waals surface area contributed by atoms with Crippen molar-refractivity contribution in [1.82, 2.24) is 0 Å². The summed E-state index contributed by atoms with van der Waals surface area (Å²) < 4.78 is 10.3. The molecule has 0 bridgehead atoms. The standard InChI is InChI=1S/C13H22N2O2Si/c1-10-5-6-12(11(14)9-10)15-7-4-8-18-13(16-2)17-3/h5-6,9,13,15H,4,7-8,14H2,1-3H3. The van der Waals surface area contributed by atoms with Gasteiger partial charge in [0.15, 0.2) is 0 Å². The smallest absolute Gasteiger partial charge is 0.136 e. The Morgan fingerprint density at radius 3 is 2.67 bits per heavy atom. The molecule has 5 heteroatoms. The van der Waals surface area contributed by atoms with Crippen molar-refractivity contribution >= 4 is 20.9 Å². The second-order valence-corrected chi connectivity index (χ2v) is 5.51. The van der Waals surface area contributed by atoms with Crippen LogP contribution in [0.4, 0.5) is 11.4 Å². The van der Waals surface area contributed by atoms with Gasteiger partial charge < -0.3 is 20.5 Å². The molecule has 1 aromatic carbocycles. The molecule has 18 heavy (non-hydrogen) atoms. The number of ether oxygens (including phenoxy) is 2. The Bertz CT molecular complexity index is 357. The Hall–Kier alpha value is -1.04. The van der Waals surface area contributed by atoms with Crippen molar-refractivity contribution < 1.29 is 9.47 Å². The van der Waals surface area contributed by atoms with Crippen molar-refractivity contribution in [3.63, 3.8) is 0 Å². The van der Waals surface area contributed by atoms with Crippen LogP contribution < -0.4 is 11.1 Å². The van der Waals surface area contributed by atoms with E-state index in [1.165, 1.54) is 5.56 Å². The Balaban J connectivity index is 2.21. The summed E-state index contributed by atoms with van der Waals surface area (Å²) in [5.41, 5.74) is 8.93. The molecule has 0 heterocycles. The SMILES string of the molecule is COC(OC)[Si]CCCNc1ccc(C)cc1N. The summed E-state index contributed by atoms with van der Waals surface area (Å²) in [5.74, 6) is -0.0607. The zero-order valence-electron chi connectivity index (χ0n) is 11.3. The van der Waals surface area contributed by atoms with Crippen LogP contribution in [0.15, 0.2) is 18.2 Å². The van der Waals surface area contributed by atoms with Gasteiger partial charge in [0.2, 0.25) is 0 Å². The first-order chi connectivity index (χ1) is 8.67. The highest BCUT2D eigenvalue weighted by Crippen LogP contribution is 2.19. The summed E-state index contributed by atoms with van der Waals surface area (Å²) in [5, 5.41) is 3.35. The fraction of sp³-hybridized carbons (Fsp3) is 0.538. The molecule has 0 atom stereocenters. The van der Waals surface area contributed by atoms with Gasteiger partial charge >= 0.3 is 0 Å². The van der Waals surface area contributed by atoms with Gasteiger partial charge in [0, 0.05) is 20.8 Å². The van der Waals surface area contributed by atoms with Crippen LogP contribution in [0.1, 0.15) is 12.0 Å². The number of hydrogen-bond acceptors (Lipinski definition) is 4. The number of benzene rings is 1. The summed E-state index contributed by atoms with van der Waals surface area (Å²) in [7, 11) is 4.02. The van der Waals surface area contributed by atoms with Gasteiger partial charge in [-0.2, -0.15) is 0 Å². The molecule has 0 aromatic heterocycles. The quantitative estimate of drug-likeness (QED) is 0.327. The van der Waals surface area contributed by atoms with Crippen molar-refractivity contribution in [3.05, 3.63) is 23.8 Å². The molecule has 1 rings (SSSR count). The summed E-state index contributed by atoms with van der Waals surface area (Å²) in [6.07, 6.45) is 1.08. The topological polar surface area (TPSA) is 56.5 Å². The number of nitrogens with one attached hydrogen (secondary N) is 1. The van der Waals surface area contributed by atoms with Crippen LogP contribution >= 0.6 is 0 Å². The lowest BCUT2D eigenvalue weighted by Crippen LogP contribution is -2.21. The van der Waals surface area contributed by atoms with E-state index in [0.29, 0.717) is 9.52 Å². The minimum atomic E-state index is -0.0607. The van der Waals surface area contributed by atoms with Crippen LogP contribution in [0, 0.1) is 6.92 Å². The largest absolute Gasteiger partial charge is 0.397 e. The lowest BCUT2D eigenvalue weighted by atomic mass is 10.2. The van der Waals surface area contributed by atoms with Gasteiger partial charge in [-0.15, -0.1) is 0 Å². The molecule has 4 nitrogen and oxygen atoms in total. The van der Waals surface area contributed by atoms with Crippen LogP contribution in [0.3, 0.4) is 0 Å². The third kappa shape index (κ3) is 5.08. The number of nitrogens with two attached hydrogens (primary N) is 1. The van der Waals surface area contributed by atoms with E-state index in [0.717, 1.165) is 30.4 Å². The molecule has 0 saturated heterocycles. The van der Waals surface area contributed by atoms with Gasteiger partial charge in [0.25, 0.3) is 0 Å². The van der Waals surface area contributed by atoms with Crippen molar-refractivity contribution in [2.24, 2.45) is 0 Å². The van der Waals surface area contributed by atoms with Gasteiger partial charge in [-0.25, -0.2) is 0 Å². The minimum Gasteiger partial charge on any atom is -0.397 e. The van der Waals surface area contributed by atoms with Crippen LogP contribution in [0.2, 0.25) is 6.04 Å². The number of nitrogen functional groups attached to an aromatic ring is 1. The van der Waals surface area contributed by atoms with Crippen molar-refractivity contribution in [1.29, 1.82) is 0 Å². The number of methoxy groups -OCH3 is 2. The Morgan fingerprint density at radius 1 is 1.33 bits per heavy atom. The predicted molar refractivity (Wildman–Crippen MR) is 77.1 cm³/mol. The molecule has 0 saturated carbocycles. The molecule has 2 radical (unpaired) electrons. The van der Waals surface area contributed by atoms with Crippen LogP contribution in [-0.2, 0) is 9.47 Å². The van der Waals surface area contributed by atoms with E-state index in [1.54, 1.807) is 14.2 Å². The fourth-order valence-electron chi connectivity index (χ4n) is 1.64. The van der Waals surface area contributed by atoms with Crippen LogP contribution in [0.5, 0.6) is 0 Å². The molecule has 0 aliphatic rings. The normalized spacial score (nSPS) is 10.9. The van der Waals surface area contributed by atoms with Gasteiger partial charge in [-0.1, -0.05) is 12.1 Å². The van der Waals surface area contributed by atoms with Gasteiger partial charge in [0.1, 0.15) is 15.4 Å². The lowest BCUT2D eigenvalue weighted by molar-refractivity contribution is -0.0441. The molecular weight excluding hydrogens is 244 g/mol. The zero-order chi connectivity index (χ0) is 13.4. The highest BCUT2D eigenvalue weighted by atomic mass is 28.2. The van der Waals surface area contributed by atoms with Crippen molar-refractivity contribution in [2.45, 2.75) is 25.3 Å². The fourth-order valence-corrected chi connectivity index (χ4v) is 2.59. The van der Waals surface area contributed by atoms with E-state index in [-0.39, 0.29) is 5.91 Å². The average molecular weight is 266 g/mol. The van der Waals surface area contributed by atoms with Crippen LogP contribution in [-0.4, -0.2) is 36.2 Å². The van der Waals surface area contributed by atoms with E-state index in [1.807, 2.05) is 19.1 Å². The highest BCUT2D eigenvalue weighted by molar-refractivity contribution is 6.36. The van der Waals surface area contributed by atoms with E-state index in [4.69, 9.17) is 15.2 Å².